The lowest BCUT2D eigenvalue weighted by Gasteiger charge is -2.10. The van der Waals surface area contributed by atoms with Gasteiger partial charge in [0.15, 0.2) is 0 Å². The highest BCUT2D eigenvalue weighted by atomic mass is 32.2. The molecule has 21 heavy (non-hydrogen) atoms. The quantitative estimate of drug-likeness (QED) is 0.763. The summed E-state index contributed by atoms with van der Waals surface area (Å²) in [6, 6.07) is 7.24. The van der Waals surface area contributed by atoms with Crippen molar-refractivity contribution in [1.82, 2.24) is 4.72 Å². The average Bonchev–Trinajstić information content (AvgIpc) is 2.82. The molecule has 0 spiro atoms. The van der Waals surface area contributed by atoms with Crippen molar-refractivity contribution in [3.05, 3.63) is 29.1 Å². The first-order chi connectivity index (χ1) is 9.95. The molecule has 0 saturated heterocycles. The van der Waals surface area contributed by atoms with Crippen LogP contribution in [0.5, 0.6) is 0 Å². The summed E-state index contributed by atoms with van der Waals surface area (Å²) in [6.45, 7) is 4.01. The van der Waals surface area contributed by atoms with Crippen LogP contribution < -0.4 is 4.72 Å². The second-order valence-corrected chi connectivity index (χ2v) is 7.67. The smallest absolute Gasteiger partial charge is 0.242 e. The number of aliphatic hydroxyl groups is 1. The van der Waals surface area contributed by atoms with Crippen molar-refractivity contribution in [1.29, 1.82) is 0 Å². The lowest BCUT2D eigenvalue weighted by molar-refractivity contribution is 0.0834. The number of nitrogens with one attached hydrogen (secondary N) is 1. The van der Waals surface area contributed by atoms with Crippen molar-refractivity contribution in [3.63, 3.8) is 0 Å². The van der Waals surface area contributed by atoms with Gasteiger partial charge in [0.25, 0.3) is 0 Å². The Bertz CT molecular complexity index is 707. The van der Waals surface area contributed by atoms with Gasteiger partial charge in [-0.25, -0.2) is 13.1 Å². The average molecular weight is 329 g/mol. The molecule has 7 heteroatoms. The van der Waals surface area contributed by atoms with Gasteiger partial charge < -0.3 is 9.84 Å². The first-order valence-electron chi connectivity index (χ1n) is 6.68. The molecule has 2 rings (SSSR count). The van der Waals surface area contributed by atoms with Crippen LogP contribution in [0.4, 0.5) is 0 Å². The number of thiophene rings is 1. The highest BCUT2D eigenvalue weighted by Crippen LogP contribution is 2.34. The van der Waals surface area contributed by atoms with E-state index < -0.39 is 10.0 Å². The summed E-state index contributed by atoms with van der Waals surface area (Å²) in [6.07, 6.45) is 0.0597. The van der Waals surface area contributed by atoms with E-state index in [-0.39, 0.29) is 24.2 Å². The van der Waals surface area contributed by atoms with Crippen LogP contribution in [0.3, 0.4) is 0 Å². The van der Waals surface area contributed by atoms with Crippen molar-refractivity contribution in [3.8, 4) is 0 Å². The van der Waals surface area contributed by atoms with E-state index in [1.807, 2.05) is 26.0 Å². The fourth-order valence-corrected chi connectivity index (χ4v) is 4.82. The molecule has 0 unspecified atom stereocenters. The SMILES string of the molecule is CC(C)OCCNS(=O)(=O)c1c(CO)sc2ccccc12. The van der Waals surface area contributed by atoms with Crippen LogP contribution in [0, 0.1) is 0 Å². The molecule has 0 radical (unpaired) electrons. The van der Waals surface area contributed by atoms with Gasteiger partial charge in [-0.3, -0.25) is 0 Å². The summed E-state index contributed by atoms with van der Waals surface area (Å²) in [5.74, 6) is 0. The Hall–Kier alpha value is -0.990. The molecule has 2 N–H and O–H groups in total. The van der Waals surface area contributed by atoms with Gasteiger partial charge in [0.2, 0.25) is 10.0 Å². The van der Waals surface area contributed by atoms with Gasteiger partial charge in [-0.15, -0.1) is 11.3 Å². The predicted molar refractivity (Wildman–Crippen MR) is 84.0 cm³/mol. The predicted octanol–water partition coefficient (Wildman–Crippen LogP) is 2.10. The van der Waals surface area contributed by atoms with Crippen LogP contribution in [0.1, 0.15) is 18.7 Å². The van der Waals surface area contributed by atoms with Gasteiger partial charge in [-0.2, -0.15) is 0 Å². The van der Waals surface area contributed by atoms with Crippen LogP contribution >= 0.6 is 11.3 Å². The van der Waals surface area contributed by atoms with Gasteiger partial charge >= 0.3 is 0 Å². The zero-order valence-electron chi connectivity index (χ0n) is 12.0. The minimum absolute atomic E-state index is 0.0597. The van der Waals surface area contributed by atoms with E-state index in [9.17, 15) is 13.5 Å². The maximum atomic E-state index is 12.5. The maximum Gasteiger partial charge on any atom is 0.242 e. The lowest BCUT2D eigenvalue weighted by atomic mass is 10.2. The fourth-order valence-electron chi connectivity index (χ4n) is 2.01. The van der Waals surface area contributed by atoms with Crippen molar-refractivity contribution in [2.24, 2.45) is 0 Å². The zero-order valence-corrected chi connectivity index (χ0v) is 13.6. The Morgan fingerprint density at radius 2 is 2.05 bits per heavy atom. The molecular formula is C14H19NO4S2. The highest BCUT2D eigenvalue weighted by Gasteiger charge is 2.23. The third kappa shape index (κ3) is 3.81. The second-order valence-electron chi connectivity index (χ2n) is 4.83. The summed E-state index contributed by atoms with van der Waals surface area (Å²) in [5, 5.41) is 10.1. The van der Waals surface area contributed by atoms with Crippen molar-refractivity contribution in [2.45, 2.75) is 31.5 Å². The van der Waals surface area contributed by atoms with Crippen LogP contribution in [-0.2, 0) is 21.4 Å². The Morgan fingerprint density at radius 1 is 1.33 bits per heavy atom. The molecule has 2 aromatic rings. The Kier molecular flexibility index (Phi) is 5.34. The molecular weight excluding hydrogens is 310 g/mol. The van der Waals surface area contributed by atoms with E-state index in [0.717, 1.165) is 4.70 Å². The van der Waals surface area contributed by atoms with Gasteiger partial charge in [0.1, 0.15) is 4.90 Å². The van der Waals surface area contributed by atoms with Crippen LogP contribution in [0.25, 0.3) is 10.1 Å². The highest BCUT2D eigenvalue weighted by molar-refractivity contribution is 7.90. The van der Waals surface area contributed by atoms with Gasteiger partial charge in [0, 0.05) is 16.6 Å². The number of rotatable bonds is 7. The van der Waals surface area contributed by atoms with Crippen LogP contribution in [-0.4, -0.2) is 32.8 Å². The second kappa shape index (κ2) is 6.85. The molecule has 1 aromatic carbocycles. The van der Waals surface area contributed by atoms with Gasteiger partial charge in [0.05, 0.1) is 24.2 Å². The summed E-state index contributed by atoms with van der Waals surface area (Å²) in [7, 11) is -3.66. The molecule has 116 valence electrons. The van der Waals surface area contributed by atoms with E-state index in [1.165, 1.54) is 11.3 Å². The minimum Gasteiger partial charge on any atom is -0.391 e. The molecule has 0 atom stereocenters. The molecule has 0 aliphatic carbocycles. The third-order valence-electron chi connectivity index (χ3n) is 2.88. The van der Waals surface area contributed by atoms with E-state index in [0.29, 0.717) is 16.9 Å². The normalized spacial score (nSPS) is 12.4. The topological polar surface area (TPSA) is 75.6 Å². The molecule has 1 aromatic heterocycles. The number of fused-ring (bicyclic) bond motifs is 1. The van der Waals surface area contributed by atoms with E-state index in [4.69, 9.17) is 4.74 Å². The number of benzene rings is 1. The number of hydrogen-bond donors (Lipinski definition) is 2. The van der Waals surface area contributed by atoms with Crippen molar-refractivity contribution in [2.75, 3.05) is 13.2 Å². The number of sulfonamides is 1. The monoisotopic (exact) mass is 329 g/mol. The van der Waals surface area contributed by atoms with E-state index in [1.54, 1.807) is 12.1 Å². The number of aliphatic hydroxyl groups excluding tert-OH is 1. The summed E-state index contributed by atoms with van der Waals surface area (Å²) in [5.41, 5.74) is 0. The Labute approximate surface area is 128 Å². The third-order valence-corrected chi connectivity index (χ3v) is 5.75. The summed E-state index contributed by atoms with van der Waals surface area (Å²) < 4.78 is 33.6. The summed E-state index contributed by atoms with van der Waals surface area (Å²) >= 11 is 1.29. The first-order valence-corrected chi connectivity index (χ1v) is 8.98. The van der Waals surface area contributed by atoms with Crippen LogP contribution in [0.15, 0.2) is 29.2 Å². The first kappa shape index (κ1) is 16.4. The Balaban J connectivity index is 2.27. The molecule has 5 nitrogen and oxygen atoms in total. The van der Waals surface area contributed by atoms with E-state index >= 15 is 0 Å². The molecule has 0 saturated carbocycles. The Morgan fingerprint density at radius 3 is 2.71 bits per heavy atom. The van der Waals surface area contributed by atoms with Crippen LogP contribution in [0.2, 0.25) is 0 Å². The summed E-state index contributed by atoms with van der Waals surface area (Å²) in [4.78, 5) is 0.628. The fraction of sp³-hybridized carbons (Fsp3) is 0.429. The number of hydrogen-bond acceptors (Lipinski definition) is 5. The van der Waals surface area contributed by atoms with Crippen molar-refractivity contribution >= 4 is 31.4 Å². The lowest BCUT2D eigenvalue weighted by Crippen LogP contribution is -2.28. The largest absolute Gasteiger partial charge is 0.391 e. The maximum absolute atomic E-state index is 12.5. The number of ether oxygens (including phenoxy) is 1. The van der Waals surface area contributed by atoms with Crippen molar-refractivity contribution < 1.29 is 18.3 Å². The molecule has 0 aliphatic heterocycles. The zero-order chi connectivity index (χ0) is 15.5. The van der Waals surface area contributed by atoms with Gasteiger partial charge in [-0.05, 0) is 19.9 Å². The van der Waals surface area contributed by atoms with E-state index in [2.05, 4.69) is 4.72 Å². The molecule has 0 fully saturated rings. The molecule has 0 aliphatic rings. The molecule has 0 bridgehead atoms. The molecule has 1 heterocycles. The molecule has 0 amide bonds. The standard InChI is InChI=1S/C14H19NO4S2/c1-10(2)19-8-7-15-21(17,18)14-11-5-3-4-6-12(11)20-13(14)9-16/h3-6,10,15-16H,7-9H2,1-2H3. The van der Waals surface area contributed by atoms with Gasteiger partial charge in [-0.1, -0.05) is 18.2 Å². The minimum atomic E-state index is -3.66.